The van der Waals surface area contributed by atoms with Crippen molar-refractivity contribution in [3.8, 4) is 5.75 Å². The third-order valence-corrected chi connectivity index (χ3v) is 7.26. The Hall–Kier alpha value is -1.83. The Morgan fingerprint density at radius 3 is 3.00 bits per heavy atom. The van der Waals surface area contributed by atoms with Gasteiger partial charge in [-0.2, -0.15) is 0 Å². The van der Waals surface area contributed by atoms with Crippen LogP contribution in [0.1, 0.15) is 23.6 Å². The van der Waals surface area contributed by atoms with E-state index in [4.69, 9.17) is 14.5 Å². The third-order valence-electron chi connectivity index (χ3n) is 6.31. The van der Waals surface area contributed by atoms with Crippen LogP contribution in [0, 0.1) is 11.3 Å². The minimum absolute atomic E-state index is 0.104. The molecule has 156 valence electrons. The number of amidine groups is 1. The van der Waals surface area contributed by atoms with Crippen molar-refractivity contribution in [3.05, 3.63) is 42.0 Å². The Balaban J connectivity index is 1.80. The first-order valence-corrected chi connectivity index (χ1v) is 11.1. The van der Waals surface area contributed by atoms with E-state index in [-0.39, 0.29) is 23.3 Å². The van der Waals surface area contributed by atoms with Gasteiger partial charge in [0, 0.05) is 31.4 Å². The number of amides is 1. The van der Waals surface area contributed by atoms with Gasteiger partial charge >= 0.3 is 0 Å². The molecule has 1 fully saturated rings. The van der Waals surface area contributed by atoms with Gasteiger partial charge in [-0.15, -0.1) is 6.58 Å². The summed E-state index contributed by atoms with van der Waals surface area (Å²) in [7, 11) is 3.38. The lowest BCUT2D eigenvalue weighted by Crippen LogP contribution is -2.55. The van der Waals surface area contributed by atoms with Crippen molar-refractivity contribution in [2.45, 2.75) is 18.9 Å². The summed E-state index contributed by atoms with van der Waals surface area (Å²) in [4.78, 5) is 20.8. The number of nitrogens with zero attached hydrogens (tertiary/aromatic N) is 2. The Kier molecular flexibility index (Phi) is 5.99. The number of fused-ring (bicyclic) bond motifs is 4. The van der Waals surface area contributed by atoms with Gasteiger partial charge in [-0.3, -0.25) is 14.7 Å². The Morgan fingerprint density at radius 2 is 2.31 bits per heavy atom. The van der Waals surface area contributed by atoms with E-state index >= 15 is 0 Å². The second-order valence-corrected chi connectivity index (χ2v) is 9.01. The SMILES string of the molecule is C=CCN1C(=O)C2C(N=C1SCCOC)c1ccc(OC)cc1CC21CCNC1. The predicted octanol–water partition coefficient (Wildman–Crippen LogP) is 2.65. The molecule has 0 radical (unpaired) electrons. The number of carbonyl (C=O) groups excluding carboxylic acids is 1. The number of methoxy groups -OCH3 is 2. The van der Waals surface area contributed by atoms with Crippen molar-refractivity contribution in [1.82, 2.24) is 10.2 Å². The molecule has 1 spiro atoms. The second-order valence-electron chi connectivity index (χ2n) is 7.94. The number of carbonyl (C=O) groups is 1. The highest BCUT2D eigenvalue weighted by Gasteiger charge is 2.55. The molecule has 0 saturated carbocycles. The summed E-state index contributed by atoms with van der Waals surface area (Å²) < 4.78 is 10.7. The van der Waals surface area contributed by atoms with Crippen LogP contribution in [-0.4, -0.2) is 62.2 Å². The minimum atomic E-state index is -0.150. The van der Waals surface area contributed by atoms with Crippen molar-refractivity contribution in [3.63, 3.8) is 0 Å². The molecule has 2 aliphatic heterocycles. The summed E-state index contributed by atoms with van der Waals surface area (Å²) in [5.74, 6) is 1.65. The number of hydrogen-bond acceptors (Lipinski definition) is 6. The largest absolute Gasteiger partial charge is 0.497 e. The van der Waals surface area contributed by atoms with Gasteiger partial charge in [-0.25, -0.2) is 0 Å². The molecule has 0 bridgehead atoms. The topological polar surface area (TPSA) is 63.2 Å². The van der Waals surface area contributed by atoms with E-state index in [1.807, 2.05) is 11.0 Å². The monoisotopic (exact) mass is 415 g/mol. The number of ether oxygens (including phenoxy) is 2. The van der Waals surface area contributed by atoms with Crippen LogP contribution in [0.3, 0.4) is 0 Å². The van der Waals surface area contributed by atoms with Gasteiger partial charge in [0.05, 0.1) is 25.7 Å². The van der Waals surface area contributed by atoms with Crippen LogP contribution >= 0.6 is 11.8 Å². The average Bonchev–Trinajstić information content (AvgIpc) is 3.18. The summed E-state index contributed by atoms with van der Waals surface area (Å²) in [6.45, 7) is 6.75. The van der Waals surface area contributed by atoms with Gasteiger partial charge in [0.1, 0.15) is 5.75 Å². The fraction of sp³-hybridized carbons (Fsp3) is 0.545. The van der Waals surface area contributed by atoms with Gasteiger partial charge in [0.15, 0.2) is 5.17 Å². The van der Waals surface area contributed by atoms with E-state index in [1.165, 1.54) is 5.56 Å². The van der Waals surface area contributed by atoms with Gasteiger partial charge in [-0.1, -0.05) is 23.9 Å². The molecule has 1 saturated heterocycles. The van der Waals surface area contributed by atoms with Gasteiger partial charge in [-0.05, 0) is 42.6 Å². The summed E-state index contributed by atoms with van der Waals surface area (Å²) in [5, 5.41) is 4.28. The fourth-order valence-electron chi connectivity index (χ4n) is 4.95. The fourth-order valence-corrected chi connectivity index (χ4v) is 5.90. The van der Waals surface area contributed by atoms with Crippen molar-refractivity contribution >= 4 is 22.8 Å². The van der Waals surface area contributed by atoms with Crippen LogP contribution in [0.5, 0.6) is 5.75 Å². The van der Waals surface area contributed by atoms with E-state index < -0.39 is 0 Å². The highest BCUT2D eigenvalue weighted by Crippen LogP contribution is 2.53. The normalized spacial score (nSPS) is 28.1. The second kappa shape index (κ2) is 8.50. The van der Waals surface area contributed by atoms with Gasteiger partial charge in [0.2, 0.25) is 5.91 Å². The number of aliphatic imine (C=N–C) groups is 1. The van der Waals surface area contributed by atoms with E-state index in [9.17, 15) is 4.79 Å². The Bertz CT molecular complexity index is 820. The first-order valence-electron chi connectivity index (χ1n) is 10.1. The number of rotatable bonds is 6. The molecule has 1 N–H and O–H groups in total. The van der Waals surface area contributed by atoms with Crippen LogP contribution in [0.2, 0.25) is 0 Å². The molecule has 7 heteroatoms. The molecule has 4 rings (SSSR count). The molecule has 1 aliphatic carbocycles. The van der Waals surface area contributed by atoms with Gasteiger partial charge in [0.25, 0.3) is 0 Å². The minimum Gasteiger partial charge on any atom is -0.497 e. The lowest BCUT2D eigenvalue weighted by molar-refractivity contribution is -0.138. The Morgan fingerprint density at radius 1 is 1.45 bits per heavy atom. The molecule has 3 aliphatic rings. The molecule has 0 aromatic heterocycles. The van der Waals surface area contributed by atoms with E-state index in [1.54, 1.807) is 32.1 Å². The molecule has 6 nitrogen and oxygen atoms in total. The maximum atomic E-state index is 13.8. The average molecular weight is 416 g/mol. The van der Waals surface area contributed by atoms with Crippen LogP contribution in [0.4, 0.5) is 0 Å². The van der Waals surface area contributed by atoms with Crippen molar-refractivity contribution in [2.24, 2.45) is 16.3 Å². The van der Waals surface area contributed by atoms with Gasteiger partial charge < -0.3 is 14.8 Å². The molecule has 1 amide bonds. The summed E-state index contributed by atoms with van der Waals surface area (Å²) in [5.41, 5.74) is 2.31. The molecule has 1 aromatic rings. The van der Waals surface area contributed by atoms with Crippen molar-refractivity contribution < 1.29 is 14.3 Å². The van der Waals surface area contributed by atoms with Crippen LogP contribution in [0.25, 0.3) is 0 Å². The molecule has 3 unspecified atom stereocenters. The maximum Gasteiger partial charge on any atom is 0.235 e. The number of benzene rings is 1. The number of nitrogens with one attached hydrogen (secondary N) is 1. The highest BCUT2D eigenvalue weighted by molar-refractivity contribution is 8.13. The zero-order valence-electron chi connectivity index (χ0n) is 17.1. The summed E-state index contributed by atoms with van der Waals surface area (Å²) in [6.07, 6.45) is 3.65. The standard InChI is InChI=1S/C22H29N3O3S/c1-4-9-25-20(26)18-19(24-21(25)29-11-10-27-2)17-6-5-16(28-3)12-15(17)13-22(18)7-8-23-14-22/h4-6,12,18-19,23H,1,7-11,13-14H2,2-3H3. The predicted molar refractivity (Wildman–Crippen MR) is 117 cm³/mol. The number of thioether (sulfide) groups is 1. The molecular formula is C22H29N3O3S. The van der Waals surface area contributed by atoms with Crippen molar-refractivity contribution in [1.29, 1.82) is 0 Å². The van der Waals surface area contributed by atoms with E-state index in [2.05, 4.69) is 24.0 Å². The van der Waals surface area contributed by atoms with Crippen LogP contribution < -0.4 is 10.1 Å². The molecule has 29 heavy (non-hydrogen) atoms. The van der Waals surface area contributed by atoms with Crippen LogP contribution in [0.15, 0.2) is 35.8 Å². The lowest BCUT2D eigenvalue weighted by Gasteiger charge is -2.48. The molecule has 3 atom stereocenters. The van der Waals surface area contributed by atoms with E-state index in [0.29, 0.717) is 13.2 Å². The first-order chi connectivity index (χ1) is 14.1. The first kappa shape index (κ1) is 20.4. The molecule has 2 heterocycles. The number of hydrogen-bond donors (Lipinski definition) is 1. The lowest BCUT2D eigenvalue weighted by atomic mass is 9.61. The van der Waals surface area contributed by atoms with E-state index in [0.717, 1.165) is 48.2 Å². The maximum absolute atomic E-state index is 13.8. The highest BCUT2D eigenvalue weighted by atomic mass is 32.2. The zero-order chi connectivity index (χ0) is 20.4. The quantitative estimate of drug-likeness (QED) is 0.572. The summed E-state index contributed by atoms with van der Waals surface area (Å²) in [6, 6.07) is 6.05. The Labute approximate surface area is 176 Å². The zero-order valence-corrected chi connectivity index (χ0v) is 18.0. The third kappa shape index (κ3) is 3.60. The smallest absolute Gasteiger partial charge is 0.235 e. The summed E-state index contributed by atoms with van der Waals surface area (Å²) >= 11 is 1.58. The van der Waals surface area contributed by atoms with Crippen molar-refractivity contribution in [2.75, 3.05) is 46.2 Å². The molecule has 1 aromatic carbocycles. The molecular weight excluding hydrogens is 386 g/mol. The van der Waals surface area contributed by atoms with Crippen LogP contribution in [-0.2, 0) is 16.0 Å².